The molecule has 160 valence electrons. The van der Waals surface area contributed by atoms with Crippen LogP contribution in [0.1, 0.15) is 50.8 Å². The van der Waals surface area contributed by atoms with Crippen molar-refractivity contribution in [2.24, 2.45) is 10.2 Å². The molecule has 0 fully saturated rings. The van der Waals surface area contributed by atoms with Crippen LogP contribution < -0.4 is 0 Å². The van der Waals surface area contributed by atoms with Crippen molar-refractivity contribution >= 4 is 11.4 Å². The molecule has 9 heteroatoms. The van der Waals surface area contributed by atoms with Crippen LogP contribution in [0.4, 0.5) is 0 Å². The van der Waals surface area contributed by atoms with Gasteiger partial charge in [0.25, 0.3) is 0 Å². The van der Waals surface area contributed by atoms with Crippen LogP contribution >= 0.6 is 0 Å². The second kappa shape index (κ2) is 9.62. The van der Waals surface area contributed by atoms with Crippen molar-refractivity contribution in [1.82, 2.24) is 24.5 Å². The number of hydrogen-bond donors (Lipinski definition) is 1. The van der Waals surface area contributed by atoms with Gasteiger partial charge in [-0.3, -0.25) is 9.36 Å². The van der Waals surface area contributed by atoms with Crippen LogP contribution in [0.5, 0.6) is 0 Å². The predicted octanol–water partition coefficient (Wildman–Crippen LogP) is 3.20. The predicted molar refractivity (Wildman–Crippen MR) is 117 cm³/mol. The van der Waals surface area contributed by atoms with Crippen LogP contribution in [-0.4, -0.2) is 55.0 Å². The van der Waals surface area contributed by atoms with E-state index in [0.29, 0.717) is 6.04 Å². The number of allylic oxidation sites excluding steroid dienone is 2. The minimum Gasteiger partial charge on any atom is -0.394 e. The maximum absolute atomic E-state index is 10.8. The average Bonchev–Trinajstić information content (AvgIpc) is 3.42. The minimum absolute atomic E-state index is 0.225. The summed E-state index contributed by atoms with van der Waals surface area (Å²) in [4.78, 5) is 17.7. The summed E-state index contributed by atoms with van der Waals surface area (Å²) in [6, 6.07) is -0.399. The average molecular weight is 412 g/mol. The first-order chi connectivity index (χ1) is 14.5. The smallest absolute Gasteiger partial charge is 0.134 e. The van der Waals surface area contributed by atoms with Gasteiger partial charge in [0.2, 0.25) is 0 Å². The summed E-state index contributed by atoms with van der Waals surface area (Å²) in [5, 5.41) is 20.9. The molecule has 0 radical (unpaired) electrons. The number of nitroso groups, excluding NO2 is 1. The van der Waals surface area contributed by atoms with Gasteiger partial charge in [-0.1, -0.05) is 25.1 Å². The molecule has 3 rings (SSSR count). The van der Waals surface area contributed by atoms with E-state index in [1.165, 1.54) is 0 Å². The summed E-state index contributed by atoms with van der Waals surface area (Å²) in [5.74, 6) is 0. The summed E-state index contributed by atoms with van der Waals surface area (Å²) in [7, 11) is 2.00. The van der Waals surface area contributed by atoms with Crippen molar-refractivity contribution in [3.63, 3.8) is 0 Å². The number of aromatic nitrogens is 4. The highest BCUT2D eigenvalue weighted by Gasteiger charge is 2.22. The molecule has 30 heavy (non-hydrogen) atoms. The van der Waals surface area contributed by atoms with E-state index in [0.717, 1.165) is 41.1 Å². The third kappa shape index (κ3) is 4.56. The fourth-order valence-electron chi connectivity index (χ4n) is 3.24. The molecule has 0 spiro atoms. The molecule has 2 atom stereocenters. The molecule has 0 bridgehead atoms. The molecular weight excluding hydrogens is 382 g/mol. The van der Waals surface area contributed by atoms with E-state index < -0.39 is 6.04 Å². The highest BCUT2D eigenvalue weighted by atomic mass is 16.3. The first-order valence-corrected chi connectivity index (χ1v) is 10.2. The van der Waals surface area contributed by atoms with Gasteiger partial charge < -0.3 is 10.0 Å². The molecule has 0 aliphatic carbocycles. The Morgan fingerprint density at radius 1 is 1.20 bits per heavy atom. The Bertz CT molecular complexity index is 970. The second-order valence-corrected chi connectivity index (χ2v) is 7.44. The Labute approximate surface area is 176 Å². The van der Waals surface area contributed by atoms with E-state index in [1.54, 1.807) is 10.9 Å². The number of rotatable bonds is 9. The van der Waals surface area contributed by atoms with Crippen LogP contribution in [0.15, 0.2) is 52.9 Å². The van der Waals surface area contributed by atoms with E-state index in [1.807, 2.05) is 36.5 Å². The lowest BCUT2D eigenvalue weighted by atomic mass is 10.1. The second-order valence-electron chi connectivity index (χ2n) is 7.44. The Hall–Kier alpha value is -3.07. The van der Waals surface area contributed by atoms with E-state index in [9.17, 15) is 10.0 Å². The Morgan fingerprint density at radius 3 is 2.63 bits per heavy atom. The third-order valence-corrected chi connectivity index (χ3v) is 5.17. The lowest BCUT2D eigenvalue weighted by Crippen LogP contribution is -2.23. The molecule has 1 aliphatic heterocycles. The molecule has 2 aromatic rings. The first kappa shape index (κ1) is 21.6. The fraction of sp³-hybridized carbons (Fsp3) is 0.476. The van der Waals surface area contributed by atoms with Crippen molar-refractivity contribution < 1.29 is 5.11 Å². The normalized spacial score (nSPS) is 17.6. The minimum atomic E-state index is -0.717. The van der Waals surface area contributed by atoms with E-state index in [4.69, 9.17) is 4.99 Å². The van der Waals surface area contributed by atoms with Gasteiger partial charge in [0.1, 0.15) is 6.04 Å². The molecular formula is C21H29N7O2. The first-order valence-electron chi connectivity index (χ1n) is 10.2. The van der Waals surface area contributed by atoms with Crippen molar-refractivity contribution in [2.45, 2.75) is 52.2 Å². The summed E-state index contributed by atoms with van der Waals surface area (Å²) in [6.45, 7) is 6.30. The lowest BCUT2D eigenvalue weighted by molar-refractivity contribution is 0.251. The van der Waals surface area contributed by atoms with Crippen LogP contribution in [0, 0.1) is 4.91 Å². The molecule has 3 heterocycles. The van der Waals surface area contributed by atoms with Crippen LogP contribution in [-0.2, 0) is 6.54 Å². The van der Waals surface area contributed by atoms with Gasteiger partial charge in [-0.25, -0.2) is 4.99 Å². The molecule has 1 unspecified atom stereocenters. The Balaban J connectivity index is 1.95. The summed E-state index contributed by atoms with van der Waals surface area (Å²) >= 11 is 0. The number of aliphatic hydroxyl groups excluding tert-OH is 1. The fourth-order valence-corrected chi connectivity index (χ4v) is 3.24. The highest BCUT2D eigenvalue weighted by Crippen LogP contribution is 2.27. The van der Waals surface area contributed by atoms with Gasteiger partial charge in [-0.05, 0) is 19.8 Å². The SMILES string of the molecule is CC/C=C1/C(c2cnn([C@@H](C)CC)c2)=NC(c2cnn(CC(CO)N=O)c2)=CN1C. The molecule has 1 N–H and O–H groups in total. The van der Waals surface area contributed by atoms with Crippen molar-refractivity contribution in [2.75, 3.05) is 13.7 Å². The van der Waals surface area contributed by atoms with Crippen molar-refractivity contribution in [3.8, 4) is 0 Å². The largest absolute Gasteiger partial charge is 0.394 e. The lowest BCUT2D eigenvalue weighted by Gasteiger charge is -2.25. The van der Waals surface area contributed by atoms with Crippen LogP contribution in [0.25, 0.3) is 5.70 Å². The molecule has 2 aromatic heterocycles. The van der Waals surface area contributed by atoms with Crippen molar-refractivity contribution in [1.29, 1.82) is 0 Å². The van der Waals surface area contributed by atoms with E-state index in [2.05, 4.69) is 47.1 Å². The number of likely N-dealkylation sites (N-methyl/N-ethyl adjacent to an activating group) is 1. The van der Waals surface area contributed by atoms with Gasteiger partial charge >= 0.3 is 0 Å². The molecule has 0 saturated heterocycles. The zero-order chi connectivity index (χ0) is 21.7. The summed E-state index contributed by atoms with van der Waals surface area (Å²) in [6.07, 6.45) is 13.4. The molecule has 9 nitrogen and oxygen atoms in total. The van der Waals surface area contributed by atoms with Gasteiger partial charge in [0.15, 0.2) is 0 Å². The molecule has 0 amide bonds. The van der Waals surface area contributed by atoms with E-state index in [-0.39, 0.29) is 13.2 Å². The third-order valence-electron chi connectivity index (χ3n) is 5.17. The number of aliphatic hydroxyl groups is 1. The summed E-state index contributed by atoms with van der Waals surface area (Å²) in [5.41, 5.74) is 4.45. The monoisotopic (exact) mass is 411 g/mol. The highest BCUT2D eigenvalue weighted by molar-refractivity contribution is 6.15. The molecule has 0 saturated carbocycles. The maximum atomic E-state index is 10.8. The van der Waals surface area contributed by atoms with Gasteiger partial charge in [-0.15, -0.1) is 0 Å². The Kier molecular flexibility index (Phi) is 6.94. The quantitative estimate of drug-likeness (QED) is 0.639. The van der Waals surface area contributed by atoms with Crippen LogP contribution in [0.2, 0.25) is 0 Å². The van der Waals surface area contributed by atoms with Gasteiger partial charge in [-0.2, -0.15) is 15.1 Å². The summed E-state index contributed by atoms with van der Waals surface area (Å²) < 4.78 is 3.57. The maximum Gasteiger partial charge on any atom is 0.134 e. The standard InChI is InChI=1S/C21H29N7O2/c1-5-7-20-21(17-9-23-28(11-17)15(3)6-2)24-19(13-26(20)4)16-8-22-27(10-16)12-18(14-29)25-30/h7-11,13,15,18,29H,5-6,12,14H2,1-4H3/b20-7-/t15-,18?/m0/s1. The zero-order valence-electron chi connectivity index (χ0n) is 17.9. The number of nitrogens with zero attached hydrogens (tertiary/aromatic N) is 7. The Morgan fingerprint density at radius 2 is 1.97 bits per heavy atom. The van der Waals surface area contributed by atoms with Crippen molar-refractivity contribution in [3.05, 3.63) is 58.8 Å². The molecule has 1 aliphatic rings. The molecule has 0 aromatic carbocycles. The van der Waals surface area contributed by atoms with Gasteiger partial charge in [0, 0.05) is 42.8 Å². The number of hydrogen-bond acceptors (Lipinski definition) is 7. The zero-order valence-corrected chi connectivity index (χ0v) is 17.9. The van der Waals surface area contributed by atoms with E-state index >= 15 is 0 Å². The topological polar surface area (TPSA) is 101 Å². The van der Waals surface area contributed by atoms with Crippen LogP contribution in [0.3, 0.4) is 0 Å². The van der Waals surface area contributed by atoms with Gasteiger partial charge in [0.05, 0.1) is 42.7 Å². The number of aliphatic imine (C=N–C) groups is 1.